The number of nitrogens with one attached hydrogen (secondary N) is 1. The second-order valence-corrected chi connectivity index (χ2v) is 6.22. The fourth-order valence-electron chi connectivity index (χ4n) is 3.09. The molecule has 1 aliphatic carbocycles. The van der Waals surface area contributed by atoms with Crippen molar-refractivity contribution in [2.75, 3.05) is 5.73 Å². The number of nitrogens with zero attached hydrogens (tertiary/aromatic N) is 1. The van der Waals surface area contributed by atoms with Gasteiger partial charge in [-0.15, -0.1) is 0 Å². The quantitative estimate of drug-likeness (QED) is 0.836. The molecular weight excluding hydrogens is 262 g/mol. The second-order valence-electron chi connectivity index (χ2n) is 6.22. The maximum absolute atomic E-state index is 12.5. The van der Waals surface area contributed by atoms with Gasteiger partial charge in [-0.2, -0.15) is 0 Å². The molecule has 0 radical (unpaired) electrons. The van der Waals surface area contributed by atoms with Gasteiger partial charge in [-0.05, 0) is 37.3 Å². The number of pyridine rings is 1. The number of nitrogen functional groups attached to an aromatic ring is 1. The summed E-state index contributed by atoms with van der Waals surface area (Å²) in [5, 5.41) is 3.20. The van der Waals surface area contributed by atoms with E-state index in [0.717, 1.165) is 25.0 Å². The molecule has 1 aromatic rings. The third kappa shape index (κ3) is 4.45. The van der Waals surface area contributed by atoms with Crippen LogP contribution in [0.2, 0.25) is 0 Å². The van der Waals surface area contributed by atoms with Crippen LogP contribution in [-0.4, -0.2) is 16.9 Å². The Kier molecular flexibility index (Phi) is 5.59. The maximum atomic E-state index is 12.5. The van der Waals surface area contributed by atoms with Crippen LogP contribution in [0, 0.1) is 5.92 Å². The predicted octanol–water partition coefficient (Wildman–Crippen LogP) is 3.31. The molecule has 116 valence electrons. The first-order chi connectivity index (χ1) is 10.1. The molecule has 1 amide bonds. The maximum Gasteiger partial charge on any atom is 0.251 e. The van der Waals surface area contributed by atoms with Crippen molar-refractivity contribution in [1.82, 2.24) is 10.3 Å². The first-order valence-electron chi connectivity index (χ1n) is 8.17. The highest BCUT2D eigenvalue weighted by Crippen LogP contribution is 2.23. The highest BCUT2D eigenvalue weighted by atomic mass is 16.1. The van der Waals surface area contributed by atoms with Crippen molar-refractivity contribution in [3.05, 3.63) is 23.4 Å². The van der Waals surface area contributed by atoms with Gasteiger partial charge in [0.05, 0.1) is 0 Å². The average Bonchev–Trinajstić information content (AvgIpc) is 2.64. The topological polar surface area (TPSA) is 68.0 Å². The normalized spacial score (nSPS) is 22.6. The van der Waals surface area contributed by atoms with E-state index in [1.807, 2.05) is 6.07 Å². The summed E-state index contributed by atoms with van der Waals surface area (Å²) in [7, 11) is 0. The van der Waals surface area contributed by atoms with Crippen molar-refractivity contribution in [3.8, 4) is 0 Å². The number of hydrogen-bond donors (Lipinski definition) is 2. The Morgan fingerprint density at radius 3 is 2.86 bits per heavy atom. The molecule has 3 N–H and O–H groups in total. The van der Waals surface area contributed by atoms with Gasteiger partial charge >= 0.3 is 0 Å². The Hall–Kier alpha value is -1.58. The summed E-state index contributed by atoms with van der Waals surface area (Å²) in [6.45, 7) is 4.33. The smallest absolute Gasteiger partial charge is 0.251 e. The van der Waals surface area contributed by atoms with Crippen LogP contribution in [0.1, 0.15) is 68.4 Å². The number of carbonyl (C=O) groups excluding carboxylic acids is 1. The lowest BCUT2D eigenvalue weighted by Gasteiger charge is -2.23. The van der Waals surface area contributed by atoms with Crippen molar-refractivity contribution >= 4 is 11.7 Å². The molecule has 1 heterocycles. The van der Waals surface area contributed by atoms with Crippen molar-refractivity contribution in [3.63, 3.8) is 0 Å². The summed E-state index contributed by atoms with van der Waals surface area (Å²) in [6, 6.07) is 3.83. The average molecular weight is 289 g/mol. The minimum Gasteiger partial charge on any atom is -0.384 e. The van der Waals surface area contributed by atoms with Crippen molar-refractivity contribution in [2.24, 2.45) is 5.92 Å². The molecule has 0 bridgehead atoms. The summed E-state index contributed by atoms with van der Waals surface area (Å²) in [6.07, 6.45) is 7.88. The van der Waals surface area contributed by atoms with E-state index >= 15 is 0 Å². The molecule has 1 aliphatic rings. The number of hydrogen-bond acceptors (Lipinski definition) is 3. The fourth-order valence-corrected chi connectivity index (χ4v) is 3.09. The van der Waals surface area contributed by atoms with Crippen LogP contribution in [0.5, 0.6) is 0 Å². The standard InChI is InChI=1S/C17H27N3O/c1-3-7-14-10-13(11-16(18)19-14)17(21)20-15-9-6-4-5-8-12(15)2/h10-12,15H,3-9H2,1-2H3,(H2,18,19)(H,20,21). The highest BCUT2D eigenvalue weighted by molar-refractivity contribution is 5.95. The van der Waals surface area contributed by atoms with Gasteiger partial charge in [-0.3, -0.25) is 4.79 Å². The summed E-state index contributed by atoms with van der Waals surface area (Å²) in [5.41, 5.74) is 7.36. The monoisotopic (exact) mass is 289 g/mol. The van der Waals surface area contributed by atoms with Crippen LogP contribution in [0.3, 0.4) is 0 Å². The largest absolute Gasteiger partial charge is 0.384 e. The Morgan fingerprint density at radius 1 is 1.33 bits per heavy atom. The van der Waals surface area contributed by atoms with Crippen LogP contribution in [0.25, 0.3) is 0 Å². The number of amides is 1. The molecule has 2 unspecified atom stereocenters. The van der Waals surface area contributed by atoms with Gasteiger partial charge in [0.1, 0.15) is 5.82 Å². The van der Waals surface area contributed by atoms with E-state index in [-0.39, 0.29) is 11.9 Å². The number of nitrogens with two attached hydrogens (primary N) is 1. The minimum atomic E-state index is -0.0137. The molecule has 21 heavy (non-hydrogen) atoms. The molecule has 0 aromatic carbocycles. The minimum absolute atomic E-state index is 0.0137. The lowest BCUT2D eigenvalue weighted by molar-refractivity contribution is 0.0921. The zero-order valence-corrected chi connectivity index (χ0v) is 13.2. The third-order valence-electron chi connectivity index (χ3n) is 4.34. The van der Waals surface area contributed by atoms with Crippen molar-refractivity contribution in [2.45, 2.75) is 64.8 Å². The molecule has 1 aromatic heterocycles. The van der Waals surface area contributed by atoms with Gasteiger partial charge in [0.25, 0.3) is 5.91 Å². The molecule has 1 fully saturated rings. The number of carbonyl (C=O) groups is 1. The number of rotatable bonds is 4. The Bertz CT molecular complexity index is 487. The molecule has 0 saturated heterocycles. The molecule has 0 aliphatic heterocycles. The van der Waals surface area contributed by atoms with Gasteiger partial charge in [0.15, 0.2) is 0 Å². The first kappa shape index (κ1) is 15.8. The van der Waals surface area contributed by atoms with Crippen LogP contribution in [-0.2, 0) is 6.42 Å². The zero-order valence-electron chi connectivity index (χ0n) is 13.2. The molecule has 2 rings (SSSR count). The fraction of sp³-hybridized carbons (Fsp3) is 0.647. The third-order valence-corrected chi connectivity index (χ3v) is 4.34. The number of aryl methyl sites for hydroxylation is 1. The van der Waals surface area contributed by atoms with Gasteiger partial charge in [-0.1, -0.05) is 39.5 Å². The second kappa shape index (κ2) is 7.43. The Labute approximate surface area is 127 Å². The predicted molar refractivity (Wildman–Crippen MR) is 86.1 cm³/mol. The lowest BCUT2D eigenvalue weighted by atomic mass is 9.96. The molecule has 1 saturated carbocycles. The van der Waals surface area contributed by atoms with Crippen LogP contribution >= 0.6 is 0 Å². The Balaban J connectivity index is 2.08. The van der Waals surface area contributed by atoms with Crippen molar-refractivity contribution < 1.29 is 4.79 Å². The first-order valence-corrected chi connectivity index (χ1v) is 8.17. The van der Waals surface area contributed by atoms with E-state index in [1.165, 1.54) is 25.7 Å². The van der Waals surface area contributed by atoms with Crippen LogP contribution in [0.15, 0.2) is 12.1 Å². The van der Waals surface area contributed by atoms with Gasteiger partial charge in [0.2, 0.25) is 0 Å². The van der Waals surface area contributed by atoms with Gasteiger partial charge in [-0.25, -0.2) is 4.98 Å². The SMILES string of the molecule is CCCc1cc(C(=O)NC2CCCCCC2C)cc(N)n1. The van der Waals surface area contributed by atoms with E-state index in [1.54, 1.807) is 6.07 Å². The van der Waals surface area contributed by atoms with Gasteiger partial charge in [0, 0.05) is 17.3 Å². The Morgan fingerprint density at radius 2 is 2.10 bits per heavy atom. The summed E-state index contributed by atoms with van der Waals surface area (Å²) < 4.78 is 0. The number of aromatic nitrogens is 1. The van der Waals surface area contributed by atoms with Gasteiger partial charge < -0.3 is 11.1 Å². The van der Waals surface area contributed by atoms with E-state index in [0.29, 0.717) is 17.3 Å². The molecule has 4 heteroatoms. The highest BCUT2D eigenvalue weighted by Gasteiger charge is 2.22. The lowest BCUT2D eigenvalue weighted by Crippen LogP contribution is -2.39. The summed E-state index contributed by atoms with van der Waals surface area (Å²) in [4.78, 5) is 16.8. The summed E-state index contributed by atoms with van der Waals surface area (Å²) >= 11 is 0. The molecule has 2 atom stereocenters. The molecular formula is C17H27N3O. The van der Waals surface area contributed by atoms with E-state index in [9.17, 15) is 4.79 Å². The van der Waals surface area contributed by atoms with Crippen LogP contribution < -0.4 is 11.1 Å². The van der Waals surface area contributed by atoms with E-state index < -0.39 is 0 Å². The molecule has 4 nitrogen and oxygen atoms in total. The van der Waals surface area contributed by atoms with E-state index in [2.05, 4.69) is 24.1 Å². The van der Waals surface area contributed by atoms with Crippen molar-refractivity contribution in [1.29, 1.82) is 0 Å². The molecule has 0 spiro atoms. The number of anilines is 1. The van der Waals surface area contributed by atoms with E-state index in [4.69, 9.17) is 5.73 Å². The summed E-state index contributed by atoms with van der Waals surface area (Å²) in [5.74, 6) is 0.964. The zero-order chi connectivity index (χ0) is 15.2. The van der Waals surface area contributed by atoms with Crippen LogP contribution in [0.4, 0.5) is 5.82 Å².